The van der Waals surface area contributed by atoms with Crippen molar-refractivity contribution in [1.82, 2.24) is 5.16 Å². The number of rotatable bonds is 3. The molecular weight excluding hydrogens is 240 g/mol. The van der Waals surface area contributed by atoms with E-state index in [4.69, 9.17) is 10.3 Å². The first-order valence-electron chi connectivity index (χ1n) is 5.08. The highest BCUT2D eigenvalue weighted by atomic mass is 32.2. The Hall–Kier alpha value is -1.82. The molecule has 0 spiro atoms. The minimum absolute atomic E-state index is 0.0851. The van der Waals surface area contributed by atoms with Crippen LogP contribution in [0.15, 0.2) is 39.9 Å². The fourth-order valence-electron chi connectivity index (χ4n) is 1.47. The third kappa shape index (κ3) is 2.16. The number of nitrogen functional groups attached to an aromatic ring is 1. The van der Waals surface area contributed by atoms with Crippen molar-refractivity contribution in [1.29, 1.82) is 0 Å². The zero-order valence-corrected chi connectivity index (χ0v) is 10.1. The summed E-state index contributed by atoms with van der Waals surface area (Å²) in [6.45, 7) is 1.61. The summed E-state index contributed by atoms with van der Waals surface area (Å²) in [4.78, 5) is 0.304. The van der Waals surface area contributed by atoms with Gasteiger partial charge >= 0.3 is 0 Å². The summed E-state index contributed by atoms with van der Waals surface area (Å²) in [5.74, 6) is 0.304. The number of anilines is 1. The molecule has 0 aliphatic carbocycles. The predicted octanol–water partition coefficient (Wildman–Crippen LogP) is 1.72. The van der Waals surface area contributed by atoms with Gasteiger partial charge in [0.1, 0.15) is 0 Å². The highest BCUT2D eigenvalue weighted by Gasteiger charge is 2.12. The molecule has 1 aromatic carbocycles. The maximum absolute atomic E-state index is 11.6. The standard InChI is InChI=1S/C11H12N2O3S/c1-2-17(14,15)9-5-3-8(4-6-9)10-7-13-16-11(10)12/h3-7H,2,12H2,1H3. The van der Waals surface area contributed by atoms with E-state index in [0.29, 0.717) is 10.5 Å². The van der Waals surface area contributed by atoms with Gasteiger partial charge < -0.3 is 10.3 Å². The minimum Gasteiger partial charge on any atom is -0.367 e. The Bertz CT molecular complexity index is 614. The van der Waals surface area contributed by atoms with Crippen LogP contribution in [0.5, 0.6) is 0 Å². The fraction of sp³-hybridized carbons (Fsp3) is 0.182. The Balaban J connectivity index is 2.41. The molecule has 2 N–H and O–H groups in total. The molecule has 0 saturated heterocycles. The Morgan fingerprint density at radius 2 is 1.94 bits per heavy atom. The van der Waals surface area contributed by atoms with E-state index in [1.165, 1.54) is 6.20 Å². The van der Waals surface area contributed by atoms with Crippen molar-refractivity contribution in [3.63, 3.8) is 0 Å². The Kier molecular flexibility index (Phi) is 2.89. The summed E-state index contributed by atoms with van der Waals surface area (Å²) in [5.41, 5.74) is 7.01. The van der Waals surface area contributed by atoms with Crippen LogP contribution in [0.25, 0.3) is 11.1 Å². The average Bonchev–Trinajstić information content (AvgIpc) is 2.76. The molecule has 1 heterocycles. The Morgan fingerprint density at radius 1 is 1.29 bits per heavy atom. The van der Waals surface area contributed by atoms with Crippen molar-refractivity contribution in [2.45, 2.75) is 11.8 Å². The van der Waals surface area contributed by atoms with Crippen molar-refractivity contribution in [2.24, 2.45) is 0 Å². The highest BCUT2D eigenvalue weighted by Crippen LogP contribution is 2.26. The van der Waals surface area contributed by atoms with Crippen molar-refractivity contribution < 1.29 is 12.9 Å². The van der Waals surface area contributed by atoms with Crippen LogP contribution in [0.1, 0.15) is 6.92 Å². The molecule has 2 aromatic rings. The molecule has 6 heteroatoms. The van der Waals surface area contributed by atoms with Gasteiger partial charge in [-0.15, -0.1) is 0 Å². The van der Waals surface area contributed by atoms with E-state index in [2.05, 4.69) is 5.16 Å². The van der Waals surface area contributed by atoms with Crippen LogP contribution in [0.3, 0.4) is 0 Å². The van der Waals surface area contributed by atoms with E-state index in [-0.39, 0.29) is 11.6 Å². The molecule has 0 unspecified atom stereocenters. The SMILES string of the molecule is CCS(=O)(=O)c1ccc(-c2cnoc2N)cc1. The van der Waals surface area contributed by atoms with Gasteiger partial charge in [-0.25, -0.2) is 8.42 Å². The van der Waals surface area contributed by atoms with E-state index in [1.807, 2.05) is 0 Å². The number of hydrogen-bond donors (Lipinski definition) is 1. The lowest BCUT2D eigenvalue weighted by Gasteiger charge is -2.02. The average molecular weight is 252 g/mol. The number of sulfone groups is 1. The molecule has 1 aromatic heterocycles. The van der Waals surface area contributed by atoms with Crippen molar-refractivity contribution in [2.75, 3.05) is 11.5 Å². The van der Waals surface area contributed by atoms with Crippen molar-refractivity contribution in [3.8, 4) is 11.1 Å². The van der Waals surface area contributed by atoms with Gasteiger partial charge in [-0.05, 0) is 17.7 Å². The molecule has 0 saturated carbocycles. The quantitative estimate of drug-likeness (QED) is 0.898. The minimum atomic E-state index is -3.16. The maximum atomic E-state index is 11.6. The van der Waals surface area contributed by atoms with Gasteiger partial charge in [0.2, 0.25) is 5.88 Å². The van der Waals surface area contributed by atoms with Crippen LogP contribution in [0.2, 0.25) is 0 Å². The third-order valence-corrected chi connectivity index (χ3v) is 4.25. The molecule has 2 rings (SSSR count). The van der Waals surface area contributed by atoms with E-state index in [9.17, 15) is 8.42 Å². The first-order valence-corrected chi connectivity index (χ1v) is 6.73. The van der Waals surface area contributed by atoms with Gasteiger partial charge in [-0.2, -0.15) is 0 Å². The van der Waals surface area contributed by atoms with Crippen LogP contribution in [0.4, 0.5) is 5.88 Å². The second kappa shape index (κ2) is 4.21. The Morgan fingerprint density at radius 3 is 2.41 bits per heavy atom. The van der Waals surface area contributed by atoms with Gasteiger partial charge in [0.15, 0.2) is 9.84 Å². The first-order chi connectivity index (χ1) is 8.04. The molecule has 90 valence electrons. The Labute approximate surface area is 99.1 Å². The molecule has 0 aliphatic heterocycles. The third-order valence-electron chi connectivity index (χ3n) is 2.50. The fourth-order valence-corrected chi connectivity index (χ4v) is 2.36. The molecule has 0 aliphatic rings. The number of nitrogens with zero attached hydrogens (tertiary/aromatic N) is 1. The van der Waals surface area contributed by atoms with E-state index in [0.717, 1.165) is 5.56 Å². The maximum Gasteiger partial charge on any atom is 0.229 e. The zero-order chi connectivity index (χ0) is 12.5. The number of hydrogen-bond acceptors (Lipinski definition) is 5. The molecule has 0 radical (unpaired) electrons. The summed E-state index contributed by atoms with van der Waals surface area (Å²) in [7, 11) is -3.16. The van der Waals surface area contributed by atoms with E-state index < -0.39 is 9.84 Å². The molecule has 17 heavy (non-hydrogen) atoms. The molecule has 0 amide bonds. The van der Waals surface area contributed by atoms with Gasteiger partial charge in [0.05, 0.1) is 22.4 Å². The van der Waals surface area contributed by atoms with Gasteiger partial charge in [0.25, 0.3) is 0 Å². The molecule has 0 atom stereocenters. The van der Waals surface area contributed by atoms with Gasteiger partial charge in [-0.3, -0.25) is 0 Å². The number of benzene rings is 1. The second-order valence-corrected chi connectivity index (χ2v) is 5.81. The molecule has 5 nitrogen and oxygen atoms in total. The lowest BCUT2D eigenvalue weighted by molar-refractivity contribution is 0.436. The lowest BCUT2D eigenvalue weighted by atomic mass is 10.1. The largest absolute Gasteiger partial charge is 0.367 e. The number of aromatic nitrogens is 1. The van der Waals surface area contributed by atoms with Crippen molar-refractivity contribution in [3.05, 3.63) is 30.5 Å². The van der Waals surface area contributed by atoms with Crippen LogP contribution >= 0.6 is 0 Å². The molecule has 0 fully saturated rings. The molecule has 0 bridgehead atoms. The van der Waals surface area contributed by atoms with Crippen LogP contribution in [-0.2, 0) is 9.84 Å². The zero-order valence-electron chi connectivity index (χ0n) is 9.25. The number of nitrogens with two attached hydrogens (primary N) is 1. The summed E-state index contributed by atoms with van der Waals surface area (Å²) in [6.07, 6.45) is 1.50. The van der Waals surface area contributed by atoms with Gasteiger partial charge in [-0.1, -0.05) is 24.2 Å². The summed E-state index contributed by atoms with van der Waals surface area (Å²) in [6, 6.07) is 6.48. The predicted molar refractivity (Wildman–Crippen MR) is 64.1 cm³/mol. The molecular formula is C11H12N2O3S. The van der Waals surface area contributed by atoms with Crippen LogP contribution in [0, 0.1) is 0 Å². The first kappa shape index (κ1) is 11.7. The van der Waals surface area contributed by atoms with E-state index in [1.54, 1.807) is 31.2 Å². The second-order valence-electron chi connectivity index (χ2n) is 3.53. The summed E-state index contributed by atoms with van der Waals surface area (Å²) in [5, 5.41) is 3.57. The van der Waals surface area contributed by atoms with Crippen LogP contribution < -0.4 is 5.73 Å². The lowest BCUT2D eigenvalue weighted by Crippen LogP contribution is -2.03. The van der Waals surface area contributed by atoms with Gasteiger partial charge in [0, 0.05) is 0 Å². The smallest absolute Gasteiger partial charge is 0.229 e. The normalized spacial score (nSPS) is 11.6. The summed E-state index contributed by atoms with van der Waals surface area (Å²) < 4.78 is 28.0. The van der Waals surface area contributed by atoms with Crippen LogP contribution in [-0.4, -0.2) is 19.3 Å². The highest BCUT2D eigenvalue weighted by molar-refractivity contribution is 7.91. The van der Waals surface area contributed by atoms with Crippen molar-refractivity contribution >= 4 is 15.7 Å². The summed E-state index contributed by atoms with van der Waals surface area (Å²) >= 11 is 0. The topological polar surface area (TPSA) is 86.2 Å². The monoisotopic (exact) mass is 252 g/mol. The van der Waals surface area contributed by atoms with E-state index >= 15 is 0 Å².